The Morgan fingerprint density at radius 1 is 1.00 bits per heavy atom. The Bertz CT molecular complexity index is 1130. The Kier molecular flexibility index (Phi) is 6.66. The van der Waals surface area contributed by atoms with E-state index in [4.69, 9.17) is 4.42 Å². The van der Waals surface area contributed by atoms with Gasteiger partial charge in [-0.15, -0.1) is 13.2 Å². The van der Waals surface area contributed by atoms with Gasteiger partial charge in [0, 0.05) is 12.1 Å². The summed E-state index contributed by atoms with van der Waals surface area (Å²) in [4.78, 5) is 12.3. The number of nitrogens with one attached hydrogen (secondary N) is 2. The molecule has 164 valence electrons. The van der Waals surface area contributed by atoms with Crippen LogP contribution in [0.3, 0.4) is 0 Å². The average Bonchev–Trinajstić information content (AvgIpc) is 3.24. The number of furan rings is 1. The second kappa shape index (κ2) is 9.23. The number of sulfonamides is 1. The summed E-state index contributed by atoms with van der Waals surface area (Å²) in [6.07, 6.45) is -3.36. The first-order valence-electron chi connectivity index (χ1n) is 8.87. The Hall–Kier alpha value is -3.31. The predicted molar refractivity (Wildman–Crippen MR) is 103 cm³/mol. The normalized spacial score (nSPS) is 11.8. The molecule has 0 saturated carbocycles. The lowest BCUT2D eigenvalue weighted by Crippen LogP contribution is -2.25. The van der Waals surface area contributed by atoms with Crippen molar-refractivity contribution in [1.82, 2.24) is 10.0 Å². The zero-order chi connectivity index (χ0) is 22.5. The predicted octanol–water partition coefficient (Wildman–Crippen LogP) is 3.59. The SMILES string of the molecule is O=C(NCc1ccc(OC(F)(F)F)cc1)c1cccc(S(=O)(=O)NCc2ccco2)c1. The van der Waals surface area contributed by atoms with E-state index in [-0.39, 0.29) is 29.3 Å². The highest BCUT2D eigenvalue weighted by Crippen LogP contribution is 2.22. The summed E-state index contributed by atoms with van der Waals surface area (Å²) < 4.78 is 72.7. The number of ether oxygens (including phenoxy) is 1. The maximum Gasteiger partial charge on any atom is 0.573 e. The number of hydrogen-bond donors (Lipinski definition) is 2. The van der Waals surface area contributed by atoms with Crippen molar-refractivity contribution in [3.8, 4) is 5.75 Å². The average molecular weight is 454 g/mol. The maximum atomic E-state index is 12.4. The second-order valence-electron chi connectivity index (χ2n) is 6.31. The standard InChI is InChI=1S/C20H17F3N2O5S/c21-20(22,23)30-16-8-6-14(7-9-16)12-24-19(26)15-3-1-5-18(11-15)31(27,28)25-13-17-4-2-10-29-17/h1-11,25H,12-13H2,(H,24,26). The van der Waals surface area contributed by atoms with E-state index < -0.39 is 22.3 Å². The molecular formula is C20H17F3N2O5S. The third kappa shape index (κ3) is 6.59. The first-order chi connectivity index (χ1) is 14.6. The summed E-state index contributed by atoms with van der Waals surface area (Å²) in [6.45, 7) is -0.0152. The van der Waals surface area contributed by atoms with Gasteiger partial charge in [0.05, 0.1) is 17.7 Å². The van der Waals surface area contributed by atoms with Crippen LogP contribution in [0.4, 0.5) is 13.2 Å². The van der Waals surface area contributed by atoms with Gasteiger partial charge in [-0.1, -0.05) is 18.2 Å². The fourth-order valence-corrected chi connectivity index (χ4v) is 3.60. The van der Waals surface area contributed by atoms with Gasteiger partial charge in [-0.25, -0.2) is 13.1 Å². The van der Waals surface area contributed by atoms with Gasteiger partial charge < -0.3 is 14.5 Å². The van der Waals surface area contributed by atoms with E-state index >= 15 is 0 Å². The number of rotatable bonds is 8. The first kappa shape index (κ1) is 22.4. The molecule has 0 bridgehead atoms. The van der Waals surface area contributed by atoms with Crippen molar-refractivity contribution < 1.29 is 35.5 Å². The Labute approximate surface area is 175 Å². The molecule has 31 heavy (non-hydrogen) atoms. The first-order valence-corrected chi connectivity index (χ1v) is 10.4. The molecule has 0 atom stereocenters. The molecule has 0 fully saturated rings. The highest BCUT2D eigenvalue weighted by atomic mass is 32.2. The lowest BCUT2D eigenvalue weighted by Gasteiger charge is -2.10. The molecule has 3 aromatic rings. The van der Waals surface area contributed by atoms with Crippen molar-refractivity contribution in [2.75, 3.05) is 0 Å². The molecule has 1 aromatic heterocycles. The number of hydrogen-bond acceptors (Lipinski definition) is 5. The van der Waals surface area contributed by atoms with Crippen LogP contribution in [-0.4, -0.2) is 20.7 Å². The monoisotopic (exact) mass is 454 g/mol. The lowest BCUT2D eigenvalue weighted by molar-refractivity contribution is -0.274. The minimum atomic E-state index is -4.78. The van der Waals surface area contributed by atoms with E-state index in [1.165, 1.54) is 42.7 Å². The maximum absolute atomic E-state index is 12.4. The van der Waals surface area contributed by atoms with Crippen LogP contribution in [0.5, 0.6) is 5.75 Å². The van der Waals surface area contributed by atoms with E-state index in [0.29, 0.717) is 11.3 Å². The minimum absolute atomic E-state index is 0.0266. The van der Waals surface area contributed by atoms with E-state index in [2.05, 4.69) is 14.8 Å². The molecule has 0 spiro atoms. The van der Waals surface area contributed by atoms with E-state index in [1.54, 1.807) is 12.1 Å². The summed E-state index contributed by atoms with van der Waals surface area (Å²) in [5.41, 5.74) is 0.643. The second-order valence-corrected chi connectivity index (χ2v) is 8.07. The smallest absolute Gasteiger partial charge is 0.468 e. The van der Waals surface area contributed by atoms with Crippen LogP contribution in [0.1, 0.15) is 21.7 Å². The quantitative estimate of drug-likeness (QED) is 0.542. The Morgan fingerprint density at radius 3 is 2.39 bits per heavy atom. The Morgan fingerprint density at radius 2 is 1.74 bits per heavy atom. The number of halogens is 3. The number of carbonyl (C=O) groups excluding carboxylic acids is 1. The zero-order valence-electron chi connectivity index (χ0n) is 15.8. The molecule has 11 heteroatoms. The minimum Gasteiger partial charge on any atom is -0.468 e. The van der Waals surface area contributed by atoms with Crippen LogP contribution in [0.15, 0.2) is 76.2 Å². The topological polar surface area (TPSA) is 97.6 Å². The Balaban J connectivity index is 1.61. The molecule has 1 heterocycles. The number of amides is 1. The van der Waals surface area contributed by atoms with Gasteiger partial charge in [0.25, 0.3) is 5.91 Å². The van der Waals surface area contributed by atoms with Crippen molar-refractivity contribution >= 4 is 15.9 Å². The van der Waals surface area contributed by atoms with Crippen molar-refractivity contribution in [1.29, 1.82) is 0 Å². The van der Waals surface area contributed by atoms with Gasteiger partial charge >= 0.3 is 6.36 Å². The number of carbonyl (C=O) groups is 1. The van der Waals surface area contributed by atoms with Gasteiger partial charge in [-0.05, 0) is 48.0 Å². The molecular weight excluding hydrogens is 437 g/mol. The van der Waals surface area contributed by atoms with Gasteiger partial charge in [-0.2, -0.15) is 0 Å². The molecule has 0 saturated heterocycles. The molecule has 2 N–H and O–H groups in total. The molecule has 0 aliphatic heterocycles. The molecule has 1 amide bonds. The summed E-state index contributed by atoms with van der Waals surface area (Å²) in [5.74, 6) is -0.481. The van der Waals surface area contributed by atoms with Crippen LogP contribution in [0.25, 0.3) is 0 Å². The zero-order valence-corrected chi connectivity index (χ0v) is 16.7. The highest BCUT2D eigenvalue weighted by molar-refractivity contribution is 7.89. The van der Waals surface area contributed by atoms with Crippen molar-refractivity contribution in [2.24, 2.45) is 0 Å². The summed E-state index contributed by atoms with van der Waals surface area (Å²) in [7, 11) is -3.88. The van der Waals surface area contributed by atoms with Crippen LogP contribution in [0, 0.1) is 0 Å². The number of alkyl halides is 3. The highest BCUT2D eigenvalue weighted by Gasteiger charge is 2.30. The fourth-order valence-electron chi connectivity index (χ4n) is 2.56. The molecule has 3 rings (SSSR count). The molecule has 0 radical (unpaired) electrons. The van der Waals surface area contributed by atoms with Crippen LogP contribution in [-0.2, 0) is 23.1 Å². The molecule has 0 unspecified atom stereocenters. The van der Waals surface area contributed by atoms with E-state index in [1.807, 2.05) is 0 Å². The summed E-state index contributed by atoms with van der Waals surface area (Å²) >= 11 is 0. The summed E-state index contributed by atoms with van der Waals surface area (Å²) in [6, 6.07) is 13.7. The van der Waals surface area contributed by atoms with Gasteiger partial charge in [0.1, 0.15) is 11.5 Å². The van der Waals surface area contributed by atoms with Crippen molar-refractivity contribution in [2.45, 2.75) is 24.3 Å². The fraction of sp³-hybridized carbons (Fsp3) is 0.150. The van der Waals surface area contributed by atoms with Crippen molar-refractivity contribution in [3.05, 3.63) is 83.8 Å². The van der Waals surface area contributed by atoms with Gasteiger partial charge in [0.15, 0.2) is 0 Å². The van der Waals surface area contributed by atoms with Crippen LogP contribution >= 0.6 is 0 Å². The molecule has 0 aliphatic carbocycles. The molecule has 0 aliphatic rings. The lowest BCUT2D eigenvalue weighted by atomic mass is 10.2. The molecule has 7 nitrogen and oxygen atoms in total. The van der Waals surface area contributed by atoms with E-state index in [9.17, 15) is 26.4 Å². The number of benzene rings is 2. The van der Waals surface area contributed by atoms with Gasteiger partial charge in [0.2, 0.25) is 10.0 Å². The van der Waals surface area contributed by atoms with Crippen LogP contribution in [0.2, 0.25) is 0 Å². The third-order valence-electron chi connectivity index (χ3n) is 4.03. The van der Waals surface area contributed by atoms with E-state index in [0.717, 1.165) is 12.1 Å². The third-order valence-corrected chi connectivity index (χ3v) is 5.43. The van der Waals surface area contributed by atoms with Crippen molar-refractivity contribution in [3.63, 3.8) is 0 Å². The van der Waals surface area contributed by atoms with Gasteiger partial charge in [-0.3, -0.25) is 4.79 Å². The summed E-state index contributed by atoms with van der Waals surface area (Å²) in [5, 5.41) is 2.58. The molecule has 2 aromatic carbocycles. The van der Waals surface area contributed by atoms with Crippen LogP contribution < -0.4 is 14.8 Å². The largest absolute Gasteiger partial charge is 0.573 e.